The number of fused-ring (bicyclic) bond motifs is 1. The second-order valence-corrected chi connectivity index (χ2v) is 9.25. The molecule has 0 fully saturated rings. The van der Waals surface area contributed by atoms with Gasteiger partial charge in [-0.1, -0.05) is 30.3 Å². The van der Waals surface area contributed by atoms with Crippen LogP contribution in [-0.2, 0) is 11.2 Å². The summed E-state index contributed by atoms with van der Waals surface area (Å²) >= 11 is 3.51. The molecule has 0 saturated heterocycles. The van der Waals surface area contributed by atoms with Crippen molar-refractivity contribution in [1.29, 1.82) is 0 Å². The van der Waals surface area contributed by atoms with Gasteiger partial charge in [0.05, 0.1) is 12.5 Å². The van der Waals surface area contributed by atoms with Crippen LogP contribution < -0.4 is 10.6 Å². The number of nitrogens with two attached hydrogens (primary N) is 1. The van der Waals surface area contributed by atoms with Crippen molar-refractivity contribution in [2.45, 2.75) is 25.3 Å². The second kappa shape index (κ2) is 9.39. The van der Waals surface area contributed by atoms with E-state index in [1.165, 1.54) is 20.7 Å². The van der Waals surface area contributed by atoms with Crippen molar-refractivity contribution < 1.29 is 10.1 Å². The Kier molecular flexibility index (Phi) is 6.44. The molecule has 0 aliphatic heterocycles. The fourth-order valence-electron chi connectivity index (χ4n) is 3.64. The van der Waals surface area contributed by atoms with E-state index < -0.39 is 0 Å². The van der Waals surface area contributed by atoms with Gasteiger partial charge in [-0.05, 0) is 47.9 Å². The number of hydrogen-bond donors (Lipinski definition) is 3. The minimum atomic E-state index is -0.119. The molecule has 0 aliphatic carbocycles. The van der Waals surface area contributed by atoms with E-state index in [1.807, 2.05) is 13.0 Å². The Labute approximate surface area is 179 Å². The number of carbonyl (C=O) groups excluding carboxylic acids is 1. The maximum atomic E-state index is 12.5. The van der Waals surface area contributed by atoms with Crippen molar-refractivity contribution in [2.75, 3.05) is 13.1 Å². The summed E-state index contributed by atoms with van der Waals surface area (Å²) in [6, 6.07) is 16.7. The lowest BCUT2D eigenvalue weighted by atomic mass is 9.96. The van der Waals surface area contributed by atoms with Crippen LogP contribution in [0.25, 0.3) is 10.9 Å². The quantitative estimate of drug-likeness (QED) is 0.377. The largest absolute Gasteiger partial charge is 0.361 e. The van der Waals surface area contributed by atoms with E-state index in [9.17, 15) is 4.79 Å². The average Bonchev–Trinajstić information content (AvgIpc) is 3.50. The fraction of sp³-hybridized carbons (Fsp3) is 0.261. The minimum Gasteiger partial charge on any atom is -0.361 e. The molecule has 4 nitrogen and oxygen atoms in total. The molecular weight excluding hydrogens is 398 g/mol. The van der Waals surface area contributed by atoms with Crippen LogP contribution in [0.5, 0.6) is 0 Å². The first kappa shape index (κ1) is 19.9. The first-order chi connectivity index (χ1) is 14.2. The lowest BCUT2D eigenvalue weighted by molar-refractivity contribution is -0.674. The van der Waals surface area contributed by atoms with E-state index in [4.69, 9.17) is 0 Å². The molecule has 4 rings (SSSR count). The van der Waals surface area contributed by atoms with Crippen LogP contribution >= 0.6 is 22.7 Å². The van der Waals surface area contributed by atoms with Crippen molar-refractivity contribution in [3.63, 3.8) is 0 Å². The zero-order valence-electron chi connectivity index (χ0n) is 16.4. The highest BCUT2D eigenvalue weighted by molar-refractivity contribution is 7.10. The van der Waals surface area contributed by atoms with Gasteiger partial charge in [-0.3, -0.25) is 4.79 Å². The third kappa shape index (κ3) is 4.78. The molecule has 150 valence electrons. The van der Waals surface area contributed by atoms with E-state index in [2.05, 4.69) is 75.0 Å². The molecule has 4 N–H and O–H groups in total. The number of quaternary nitrogens is 1. The Morgan fingerprint density at radius 3 is 2.72 bits per heavy atom. The Morgan fingerprint density at radius 1 is 1.10 bits per heavy atom. The Bertz CT molecular complexity index is 1040. The Morgan fingerprint density at radius 2 is 1.93 bits per heavy atom. The van der Waals surface area contributed by atoms with Crippen molar-refractivity contribution in [3.05, 3.63) is 80.8 Å². The van der Waals surface area contributed by atoms with E-state index in [1.54, 1.807) is 22.7 Å². The van der Waals surface area contributed by atoms with Crippen molar-refractivity contribution in [2.24, 2.45) is 0 Å². The molecular formula is C23H26N3OS2+. The summed E-state index contributed by atoms with van der Waals surface area (Å²) in [6.45, 7) is 3.51. The maximum absolute atomic E-state index is 12.5. The number of benzene rings is 1. The number of amides is 1. The normalized spacial score (nSPS) is 13.4. The van der Waals surface area contributed by atoms with E-state index >= 15 is 0 Å². The van der Waals surface area contributed by atoms with Crippen LogP contribution in [0, 0.1) is 0 Å². The lowest BCUT2D eigenvalue weighted by Gasteiger charge is -2.17. The number of para-hydroxylation sites is 1. The summed E-state index contributed by atoms with van der Waals surface area (Å²) in [5.74, 6) is 0.359. The number of carbonyl (C=O) groups is 1. The van der Waals surface area contributed by atoms with Crippen molar-refractivity contribution in [1.82, 2.24) is 10.3 Å². The zero-order chi connectivity index (χ0) is 20.1. The maximum Gasteiger partial charge on any atom is 0.277 e. The van der Waals surface area contributed by atoms with Gasteiger partial charge >= 0.3 is 0 Å². The molecule has 4 aromatic rings. The predicted octanol–water partition coefficient (Wildman–Crippen LogP) is 3.73. The predicted molar refractivity (Wildman–Crippen MR) is 122 cm³/mol. The summed E-state index contributed by atoms with van der Waals surface area (Å²) < 4.78 is 0. The number of H-pyrrole nitrogens is 1. The molecule has 1 aromatic carbocycles. The topological polar surface area (TPSA) is 61.5 Å². The van der Waals surface area contributed by atoms with E-state index in [0.29, 0.717) is 6.54 Å². The van der Waals surface area contributed by atoms with Gasteiger partial charge in [-0.15, -0.1) is 22.7 Å². The van der Waals surface area contributed by atoms with Crippen LogP contribution in [-0.4, -0.2) is 30.0 Å². The molecule has 0 saturated carbocycles. The minimum absolute atomic E-state index is 0.102. The molecule has 29 heavy (non-hydrogen) atoms. The first-order valence-electron chi connectivity index (χ1n) is 9.95. The SMILES string of the molecule is C[C@@H]([NH2+]C[C@@H](c1cccs1)c1c[nH]c2ccccc12)C(=O)NCCc1cccs1. The molecule has 0 radical (unpaired) electrons. The van der Waals surface area contributed by atoms with Gasteiger partial charge in [0.2, 0.25) is 0 Å². The van der Waals surface area contributed by atoms with Crippen LogP contribution in [0.4, 0.5) is 0 Å². The third-order valence-electron chi connectivity index (χ3n) is 5.27. The van der Waals surface area contributed by atoms with E-state index in [-0.39, 0.29) is 17.9 Å². The first-order valence-corrected chi connectivity index (χ1v) is 11.7. The van der Waals surface area contributed by atoms with Crippen molar-refractivity contribution >= 4 is 39.5 Å². The van der Waals surface area contributed by atoms with Gasteiger partial charge in [0.25, 0.3) is 5.91 Å². The van der Waals surface area contributed by atoms with Crippen LogP contribution in [0.15, 0.2) is 65.5 Å². The Balaban J connectivity index is 1.40. The van der Waals surface area contributed by atoms with Gasteiger partial charge in [0.15, 0.2) is 6.04 Å². The smallest absolute Gasteiger partial charge is 0.277 e. The van der Waals surface area contributed by atoms with Crippen LogP contribution in [0.2, 0.25) is 0 Å². The van der Waals surface area contributed by atoms with Gasteiger partial charge in [-0.25, -0.2) is 0 Å². The van der Waals surface area contributed by atoms with E-state index in [0.717, 1.165) is 18.5 Å². The average molecular weight is 425 g/mol. The van der Waals surface area contributed by atoms with Crippen molar-refractivity contribution in [3.8, 4) is 0 Å². The number of thiophene rings is 2. The number of aromatic amines is 1. The molecule has 1 amide bonds. The van der Waals surface area contributed by atoms with Gasteiger partial charge < -0.3 is 15.6 Å². The lowest BCUT2D eigenvalue weighted by Crippen LogP contribution is -2.92. The summed E-state index contributed by atoms with van der Waals surface area (Å²) in [5, 5.41) is 10.7. The molecule has 0 unspecified atom stereocenters. The zero-order valence-corrected chi connectivity index (χ0v) is 18.1. The number of rotatable bonds is 9. The Hall–Kier alpha value is -2.41. The highest BCUT2D eigenvalue weighted by Gasteiger charge is 2.24. The van der Waals surface area contributed by atoms with Gasteiger partial charge in [0, 0.05) is 33.4 Å². The molecule has 0 spiro atoms. The second-order valence-electron chi connectivity index (χ2n) is 7.24. The van der Waals surface area contributed by atoms with Crippen LogP contribution in [0.3, 0.4) is 0 Å². The number of nitrogens with one attached hydrogen (secondary N) is 2. The summed E-state index contributed by atoms with van der Waals surface area (Å²) in [6.07, 6.45) is 3.01. The molecule has 2 atom stereocenters. The number of hydrogen-bond acceptors (Lipinski definition) is 3. The summed E-state index contributed by atoms with van der Waals surface area (Å²) in [5.41, 5.74) is 2.45. The summed E-state index contributed by atoms with van der Waals surface area (Å²) in [4.78, 5) is 18.6. The summed E-state index contributed by atoms with van der Waals surface area (Å²) in [7, 11) is 0. The number of aromatic nitrogens is 1. The highest BCUT2D eigenvalue weighted by atomic mass is 32.1. The molecule has 0 bridgehead atoms. The molecule has 3 aromatic heterocycles. The fourth-order valence-corrected chi connectivity index (χ4v) is 5.21. The third-order valence-corrected chi connectivity index (χ3v) is 7.20. The van der Waals surface area contributed by atoms with Gasteiger partial charge in [-0.2, -0.15) is 0 Å². The standard InChI is InChI=1S/C23H25N3OS2/c1-16(23(27)24-11-10-17-6-4-12-28-17)25-15-20(22-9-5-13-29-22)19-14-26-21-8-3-2-7-18(19)21/h2-9,12-14,16,20,25-26H,10-11,15H2,1H3,(H,24,27)/p+1/t16-,20-/m1/s1. The highest BCUT2D eigenvalue weighted by Crippen LogP contribution is 2.32. The molecule has 3 heterocycles. The molecule has 0 aliphatic rings. The molecule has 6 heteroatoms. The monoisotopic (exact) mass is 424 g/mol. The van der Waals surface area contributed by atoms with Gasteiger partial charge in [0.1, 0.15) is 0 Å². The van der Waals surface area contributed by atoms with Crippen LogP contribution in [0.1, 0.15) is 28.2 Å².